The van der Waals surface area contributed by atoms with E-state index in [0.29, 0.717) is 34.5 Å². The predicted octanol–water partition coefficient (Wildman–Crippen LogP) is 4.92. The SMILES string of the molecule is C=C(C)[C@@H]1[C@H](CO)ON(Cc2cccc(-c3ccc(C(=O)N(C)C)cc3)c2OC)[C@@H]1C(=O)N[C@H]1C[C@H]2C[C@@H]([C@@H]1C)C2(C)C. The van der Waals surface area contributed by atoms with Gasteiger partial charge in [0.25, 0.3) is 5.91 Å². The third-order valence-corrected chi connectivity index (χ3v) is 10.5. The van der Waals surface area contributed by atoms with Gasteiger partial charge in [0, 0.05) is 42.7 Å². The second-order valence-corrected chi connectivity index (χ2v) is 13.6. The van der Waals surface area contributed by atoms with Crippen LogP contribution in [0.15, 0.2) is 54.6 Å². The van der Waals surface area contributed by atoms with E-state index in [0.717, 1.165) is 28.7 Å². The predicted molar refractivity (Wildman–Crippen MR) is 167 cm³/mol. The Morgan fingerprint density at radius 1 is 1.16 bits per heavy atom. The number of hydrogen-bond donors (Lipinski definition) is 2. The number of para-hydroxylation sites is 1. The Hall–Kier alpha value is -3.20. The quantitative estimate of drug-likeness (QED) is 0.404. The molecule has 232 valence electrons. The minimum atomic E-state index is -0.641. The summed E-state index contributed by atoms with van der Waals surface area (Å²) in [7, 11) is 5.09. The third-order valence-electron chi connectivity index (χ3n) is 10.5. The topological polar surface area (TPSA) is 91.3 Å². The molecule has 4 aliphatic rings. The Bertz CT molecular complexity index is 1370. The van der Waals surface area contributed by atoms with E-state index < -0.39 is 12.1 Å². The minimum absolute atomic E-state index is 0.0587. The maximum Gasteiger partial charge on any atom is 0.253 e. The van der Waals surface area contributed by atoms with Crippen LogP contribution in [0.5, 0.6) is 5.75 Å². The highest BCUT2D eigenvalue weighted by Gasteiger charge is 2.57. The minimum Gasteiger partial charge on any atom is -0.496 e. The number of amides is 2. The summed E-state index contributed by atoms with van der Waals surface area (Å²) in [6, 6.07) is 12.8. The molecule has 0 aromatic heterocycles. The van der Waals surface area contributed by atoms with Crippen LogP contribution in [0.25, 0.3) is 11.1 Å². The lowest BCUT2D eigenvalue weighted by Gasteiger charge is -2.62. The number of ether oxygens (including phenoxy) is 1. The van der Waals surface area contributed by atoms with Gasteiger partial charge in [0.05, 0.1) is 20.3 Å². The molecule has 1 heterocycles. The molecule has 7 atom stereocenters. The maximum absolute atomic E-state index is 14.1. The molecule has 4 fully saturated rings. The van der Waals surface area contributed by atoms with Crippen molar-refractivity contribution in [1.82, 2.24) is 15.3 Å². The van der Waals surface area contributed by atoms with Gasteiger partial charge in [-0.1, -0.05) is 63.3 Å². The average molecular weight is 590 g/mol. The molecule has 43 heavy (non-hydrogen) atoms. The van der Waals surface area contributed by atoms with Crippen LogP contribution in [0.4, 0.5) is 0 Å². The Morgan fingerprint density at radius 2 is 1.86 bits per heavy atom. The maximum atomic E-state index is 14.1. The van der Waals surface area contributed by atoms with E-state index in [2.05, 4.69) is 32.7 Å². The van der Waals surface area contributed by atoms with Crippen molar-refractivity contribution in [3.63, 3.8) is 0 Å². The molecule has 0 unspecified atom stereocenters. The smallest absolute Gasteiger partial charge is 0.253 e. The van der Waals surface area contributed by atoms with Gasteiger partial charge in [0.2, 0.25) is 5.91 Å². The average Bonchev–Trinajstić information content (AvgIpc) is 3.36. The van der Waals surface area contributed by atoms with E-state index in [1.807, 2.05) is 49.4 Å². The summed E-state index contributed by atoms with van der Waals surface area (Å²) in [6.45, 7) is 13.1. The van der Waals surface area contributed by atoms with E-state index in [1.54, 1.807) is 31.2 Å². The summed E-state index contributed by atoms with van der Waals surface area (Å²) in [5, 5.41) is 15.3. The van der Waals surface area contributed by atoms with Gasteiger partial charge in [-0.15, -0.1) is 0 Å². The Morgan fingerprint density at radius 3 is 2.42 bits per heavy atom. The molecule has 8 nitrogen and oxygen atoms in total. The number of hydrogen-bond acceptors (Lipinski definition) is 6. The number of methoxy groups -OCH3 is 1. The van der Waals surface area contributed by atoms with Crippen molar-refractivity contribution in [2.75, 3.05) is 27.8 Å². The molecule has 8 heteroatoms. The molecule has 2 aromatic carbocycles. The lowest BCUT2D eigenvalue weighted by atomic mass is 9.45. The molecule has 2 aromatic rings. The van der Waals surface area contributed by atoms with Gasteiger partial charge in [-0.2, -0.15) is 5.06 Å². The van der Waals surface area contributed by atoms with Crippen molar-refractivity contribution in [3.05, 3.63) is 65.7 Å². The number of nitrogens with one attached hydrogen (secondary N) is 1. The number of rotatable bonds is 9. The van der Waals surface area contributed by atoms with E-state index >= 15 is 0 Å². The first kappa shape index (κ1) is 31.2. The zero-order chi connectivity index (χ0) is 31.2. The molecule has 1 aliphatic heterocycles. The molecule has 3 saturated carbocycles. The fourth-order valence-corrected chi connectivity index (χ4v) is 7.86. The number of fused-ring (bicyclic) bond motifs is 2. The lowest BCUT2D eigenvalue weighted by Crippen LogP contribution is -2.62. The van der Waals surface area contributed by atoms with Crippen molar-refractivity contribution in [2.45, 2.75) is 65.3 Å². The van der Waals surface area contributed by atoms with Crippen molar-refractivity contribution in [1.29, 1.82) is 0 Å². The van der Waals surface area contributed by atoms with Crippen molar-refractivity contribution >= 4 is 11.8 Å². The first-order valence-corrected chi connectivity index (χ1v) is 15.4. The fraction of sp³-hybridized carbons (Fsp3) is 0.543. The van der Waals surface area contributed by atoms with E-state index in [4.69, 9.17) is 9.57 Å². The number of carbonyl (C=O) groups excluding carboxylic acids is 2. The number of hydroxylamine groups is 2. The number of nitrogens with zero attached hydrogens (tertiary/aromatic N) is 2. The number of aliphatic hydroxyl groups excluding tert-OH is 1. The molecule has 6 rings (SSSR count). The molecule has 3 aliphatic carbocycles. The van der Waals surface area contributed by atoms with Gasteiger partial charge in [-0.3, -0.25) is 14.4 Å². The summed E-state index contributed by atoms with van der Waals surface area (Å²) in [6.07, 6.45) is 1.66. The molecular weight excluding hydrogens is 542 g/mol. The monoisotopic (exact) mass is 589 g/mol. The Balaban J connectivity index is 1.41. The van der Waals surface area contributed by atoms with Crippen LogP contribution in [0.3, 0.4) is 0 Å². The van der Waals surface area contributed by atoms with Gasteiger partial charge < -0.3 is 20.1 Å². The number of benzene rings is 2. The van der Waals surface area contributed by atoms with Gasteiger partial charge >= 0.3 is 0 Å². The summed E-state index contributed by atoms with van der Waals surface area (Å²) in [4.78, 5) is 34.3. The molecule has 0 spiro atoms. The van der Waals surface area contributed by atoms with Gasteiger partial charge in [-0.05, 0) is 60.6 Å². The second-order valence-electron chi connectivity index (χ2n) is 13.6. The first-order valence-electron chi connectivity index (χ1n) is 15.4. The molecule has 2 amide bonds. The van der Waals surface area contributed by atoms with Crippen molar-refractivity contribution < 1.29 is 24.3 Å². The van der Waals surface area contributed by atoms with Gasteiger partial charge in [0.1, 0.15) is 17.9 Å². The molecule has 2 N–H and O–H groups in total. The molecule has 0 radical (unpaired) electrons. The van der Waals surface area contributed by atoms with E-state index in [-0.39, 0.29) is 36.9 Å². The summed E-state index contributed by atoms with van der Waals surface area (Å²) >= 11 is 0. The van der Waals surface area contributed by atoms with E-state index in [9.17, 15) is 14.7 Å². The van der Waals surface area contributed by atoms with Crippen LogP contribution in [-0.2, 0) is 16.2 Å². The molecular formula is C35H47N3O5. The van der Waals surface area contributed by atoms with Gasteiger partial charge in [-0.25, -0.2) is 0 Å². The second kappa shape index (κ2) is 12.1. The van der Waals surface area contributed by atoms with Crippen LogP contribution in [0.1, 0.15) is 56.5 Å². The highest BCUT2D eigenvalue weighted by Crippen LogP contribution is 2.61. The molecule has 2 bridgehead atoms. The zero-order valence-corrected chi connectivity index (χ0v) is 26.6. The van der Waals surface area contributed by atoms with E-state index in [1.165, 1.54) is 6.42 Å². The van der Waals surface area contributed by atoms with Crippen molar-refractivity contribution in [2.24, 2.45) is 29.1 Å². The number of aliphatic hydroxyl groups is 1. The van der Waals surface area contributed by atoms with Crippen molar-refractivity contribution in [3.8, 4) is 16.9 Å². The molecule has 1 saturated heterocycles. The lowest BCUT2D eigenvalue weighted by molar-refractivity contribution is -0.183. The highest BCUT2D eigenvalue weighted by atomic mass is 16.7. The standard InChI is InChI=1S/C35H47N3O5/c1-20(2)30-29(19-39)43-38(31(30)33(40)36-28-17-25-16-27(21(28)3)35(25,4)5)18-24-10-9-11-26(32(24)42-8)22-12-14-23(15-13-22)34(41)37(6)7/h9-15,21,25,27-31,39H,1,16-19H2,2-8H3,(H,36,40)/t21-,25+,27-,28-,29-,30+,31-/m0/s1. The summed E-state index contributed by atoms with van der Waals surface area (Å²) < 4.78 is 5.93. The van der Waals surface area contributed by atoms with Crippen LogP contribution in [-0.4, -0.2) is 72.9 Å². The summed E-state index contributed by atoms with van der Waals surface area (Å²) in [5.41, 5.74) is 4.37. The summed E-state index contributed by atoms with van der Waals surface area (Å²) in [5.74, 6) is 1.79. The largest absolute Gasteiger partial charge is 0.496 e. The Kier molecular flexibility index (Phi) is 8.76. The highest BCUT2D eigenvalue weighted by molar-refractivity contribution is 5.94. The Labute approximate surface area is 256 Å². The van der Waals surface area contributed by atoms with Crippen LogP contribution >= 0.6 is 0 Å². The fourth-order valence-electron chi connectivity index (χ4n) is 7.86. The third kappa shape index (κ3) is 5.61. The van der Waals surface area contributed by atoms with Crippen LogP contribution in [0.2, 0.25) is 0 Å². The van der Waals surface area contributed by atoms with Crippen LogP contribution < -0.4 is 10.1 Å². The van der Waals surface area contributed by atoms with Gasteiger partial charge in [0.15, 0.2) is 0 Å². The zero-order valence-electron chi connectivity index (χ0n) is 26.6. The normalized spacial score (nSPS) is 29.4. The number of carbonyl (C=O) groups is 2. The van der Waals surface area contributed by atoms with Crippen LogP contribution in [0, 0.1) is 29.1 Å². The first-order chi connectivity index (χ1) is 20.4.